The molecule has 0 atom stereocenters. The third kappa shape index (κ3) is 3.72. The molecule has 0 spiro atoms. The number of nitrogens with zero attached hydrogens (tertiary/aromatic N) is 1. The van der Waals surface area contributed by atoms with E-state index in [0.717, 1.165) is 12.2 Å². The first-order valence-electron chi connectivity index (χ1n) is 6.03. The number of halogens is 1. The molecular formula is C14H20ClNO2. The highest BCUT2D eigenvalue weighted by molar-refractivity contribution is 6.33. The van der Waals surface area contributed by atoms with Crippen molar-refractivity contribution in [1.29, 1.82) is 0 Å². The summed E-state index contributed by atoms with van der Waals surface area (Å²) in [5, 5.41) is 0.604. The van der Waals surface area contributed by atoms with Crippen LogP contribution in [0.3, 0.4) is 0 Å². The normalized spacial score (nSPS) is 10.8. The lowest BCUT2D eigenvalue weighted by Crippen LogP contribution is -2.34. The SMILES string of the molecule is COCCN(c1ccc(C(C)=O)cc1Cl)C(C)C. The molecule has 3 nitrogen and oxygen atoms in total. The third-order valence-electron chi connectivity index (χ3n) is 2.82. The van der Waals surface area contributed by atoms with Gasteiger partial charge in [0.15, 0.2) is 5.78 Å². The molecule has 0 fully saturated rings. The van der Waals surface area contributed by atoms with E-state index in [9.17, 15) is 4.79 Å². The Morgan fingerprint density at radius 1 is 1.44 bits per heavy atom. The molecule has 0 saturated carbocycles. The van der Waals surface area contributed by atoms with E-state index in [4.69, 9.17) is 16.3 Å². The average molecular weight is 270 g/mol. The van der Waals surface area contributed by atoms with Crippen LogP contribution in [0.15, 0.2) is 18.2 Å². The molecule has 4 heteroatoms. The van der Waals surface area contributed by atoms with Crippen molar-refractivity contribution in [3.63, 3.8) is 0 Å². The molecule has 0 amide bonds. The van der Waals surface area contributed by atoms with Crippen molar-refractivity contribution in [2.24, 2.45) is 0 Å². The van der Waals surface area contributed by atoms with E-state index in [1.807, 2.05) is 12.1 Å². The summed E-state index contributed by atoms with van der Waals surface area (Å²) in [6, 6.07) is 5.75. The maximum atomic E-state index is 11.3. The predicted octanol–water partition coefficient (Wildman–Crippen LogP) is 3.40. The zero-order chi connectivity index (χ0) is 13.7. The van der Waals surface area contributed by atoms with Crippen molar-refractivity contribution in [3.8, 4) is 0 Å². The minimum Gasteiger partial charge on any atom is -0.383 e. The molecule has 0 aliphatic heterocycles. The maximum Gasteiger partial charge on any atom is 0.159 e. The summed E-state index contributed by atoms with van der Waals surface area (Å²) in [5.74, 6) is 0.0245. The highest BCUT2D eigenvalue weighted by atomic mass is 35.5. The van der Waals surface area contributed by atoms with Gasteiger partial charge in [-0.3, -0.25) is 4.79 Å². The summed E-state index contributed by atoms with van der Waals surface area (Å²) in [7, 11) is 1.68. The third-order valence-corrected chi connectivity index (χ3v) is 3.13. The van der Waals surface area contributed by atoms with E-state index in [1.165, 1.54) is 6.92 Å². The first-order chi connectivity index (χ1) is 8.47. The number of rotatable bonds is 6. The second-order valence-electron chi connectivity index (χ2n) is 4.50. The summed E-state index contributed by atoms with van der Waals surface area (Å²) in [6.45, 7) is 7.16. The Bertz CT molecular complexity index is 418. The van der Waals surface area contributed by atoms with Gasteiger partial charge in [-0.25, -0.2) is 0 Å². The van der Waals surface area contributed by atoms with Crippen LogP contribution in [0.25, 0.3) is 0 Å². The van der Waals surface area contributed by atoms with Gasteiger partial charge in [-0.1, -0.05) is 11.6 Å². The van der Waals surface area contributed by atoms with Crippen molar-refractivity contribution in [2.45, 2.75) is 26.8 Å². The van der Waals surface area contributed by atoms with Crippen LogP contribution < -0.4 is 4.90 Å². The van der Waals surface area contributed by atoms with Crippen LogP contribution in [0.1, 0.15) is 31.1 Å². The fourth-order valence-corrected chi connectivity index (χ4v) is 2.09. The van der Waals surface area contributed by atoms with Gasteiger partial charge < -0.3 is 9.64 Å². The minimum atomic E-state index is 0.0245. The van der Waals surface area contributed by atoms with Crippen LogP contribution in [-0.4, -0.2) is 32.1 Å². The van der Waals surface area contributed by atoms with E-state index in [1.54, 1.807) is 13.2 Å². The van der Waals surface area contributed by atoms with Crippen molar-refractivity contribution >= 4 is 23.1 Å². The first-order valence-corrected chi connectivity index (χ1v) is 6.41. The van der Waals surface area contributed by atoms with E-state index < -0.39 is 0 Å². The number of methoxy groups -OCH3 is 1. The molecule has 1 aromatic carbocycles. The number of hydrogen-bond acceptors (Lipinski definition) is 3. The number of ether oxygens (including phenoxy) is 1. The molecule has 1 aromatic rings. The van der Waals surface area contributed by atoms with E-state index in [-0.39, 0.29) is 5.78 Å². The lowest BCUT2D eigenvalue weighted by Gasteiger charge is -2.29. The Balaban J connectivity index is 3.01. The lowest BCUT2D eigenvalue weighted by atomic mass is 10.1. The molecule has 1 rings (SSSR count). The molecular weight excluding hydrogens is 250 g/mol. The van der Waals surface area contributed by atoms with Crippen LogP contribution in [0.5, 0.6) is 0 Å². The van der Waals surface area contributed by atoms with Crippen molar-refractivity contribution < 1.29 is 9.53 Å². The molecule has 0 aliphatic rings. The van der Waals surface area contributed by atoms with Gasteiger partial charge in [0.25, 0.3) is 0 Å². The number of carbonyl (C=O) groups is 1. The summed E-state index contributed by atoms with van der Waals surface area (Å²) in [4.78, 5) is 13.5. The van der Waals surface area contributed by atoms with Gasteiger partial charge in [0.2, 0.25) is 0 Å². The molecule has 0 aromatic heterocycles. The Morgan fingerprint density at radius 2 is 2.11 bits per heavy atom. The quantitative estimate of drug-likeness (QED) is 0.742. The van der Waals surface area contributed by atoms with Crippen molar-refractivity contribution in [2.75, 3.05) is 25.2 Å². The summed E-state index contributed by atoms with van der Waals surface area (Å²) < 4.78 is 5.11. The second-order valence-corrected chi connectivity index (χ2v) is 4.91. The lowest BCUT2D eigenvalue weighted by molar-refractivity contribution is 0.101. The summed E-state index contributed by atoms with van der Waals surface area (Å²) >= 11 is 6.26. The van der Waals surface area contributed by atoms with Gasteiger partial charge in [-0.15, -0.1) is 0 Å². The van der Waals surface area contributed by atoms with Crippen LogP contribution in [-0.2, 0) is 4.74 Å². The number of hydrogen-bond donors (Lipinski definition) is 0. The predicted molar refractivity (Wildman–Crippen MR) is 75.8 cm³/mol. The summed E-state index contributed by atoms with van der Waals surface area (Å²) in [6.07, 6.45) is 0. The van der Waals surface area contributed by atoms with Crippen LogP contribution in [0.2, 0.25) is 5.02 Å². The number of anilines is 1. The fourth-order valence-electron chi connectivity index (χ4n) is 1.81. The van der Waals surface area contributed by atoms with Gasteiger partial charge in [0, 0.05) is 25.3 Å². The molecule has 100 valence electrons. The molecule has 0 heterocycles. The molecule has 18 heavy (non-hydrogen) atoms. The van der Waals surface area contributed by atoms with E-state index in [0.29, 0.717) is 23.2 Å². The maximum absolute atomic E-state index is 11.3. The van der Waals surface area contributed by atoms with Crippen LogP contribution >= 0.6 is 11.6 Å². The first kappa shape index (κ1) is 15.0. The fraction of sp³-hybridized carbons (Fsp3) is 0.500. The van der Waals surface area contributed by atoms with Crippen molar-refractivity contribution in [1.82, 2.24) is 0 Å². The zero-order valence-electron chi connectivity index (χ0n) is 11.4. The Morgan fingerprint density at radius 3 is 2.56 bits per heavy atom. The minimum absolute atomic E-state index is 0.0245. The zero-order valence-corrected chi connectivity index (χ0v) is 12.1. The second kappa shape index (κ2) is 6.76. The molecule has 0 N–H and O–H groups in total. The van der Waals surface area contributed by atoms with Gasteiger partial charge >= 0.3 is 0 Å². The smallest absolute Gasteiger partial charge is 0.159 e. The number of carbonyl (C=O) groups excluding carboxylic acids is 1. The van der Waals surface area contributed by atoms with Crippen LogP contribution in [0, 0.1) is 0 Å². The Labute approximate surface area is 114 Å². The number of ketones is 1. The molecule has 0 bridgehead atoms. The molecule has 0 aliphatic carbocycles. The standard InChI is InChI=1S/C14H20ClNO2/c1-10(2)16(7-8-18-4)14-6-5-12(11(3)17)9-13(14)15/h5-6,9-10H,7-8H2,1-4H3. The number of benzene rings is 1. The highest BCUT2D eigenvalue weighted by Crippen LogP contribution is 2.28. The largest absolute Gasteiger partial charge is 0.383 e. The highest BCUT2D eigenvalue weighted by Gasteiger charge is 2.14. The van der Waals surface area contributed by atoms with Gasteiger partial charge in [-0.05, 0) is 39.0 Å². The topological polar surface area (TPSA) is 29.5 Å². The van der Waals surface area contributed by atoms with Crippen LogP contribution in [0.4, 0.5) is 5.69 Å². The molecule has 0 saturated heterocycles. The Hall–Kier alpha value is -1.06. The van der Waals surface area contributed by atoms with E-state index in [2.05, 4.69) is 18.7 Å². The van der Waals surface area contributed by atoms with Crippen molar-refractivity contribution in [3.05, 3.63) is 28.8 Å². The van der Waals surface area contributed by atoms with E-state index >= 15 is 0 Å². The molecule has 0 unspecified atom stereocenters. The summed E-state index contributed by atoms with van der Waals surface area (Å²) in [5.41, 5.74) is 1.58. The molecule has 0 radical (unpaired) electrons. The number of Topliss-reactive ketones (excluding diaryl/α,β-unsaturated/α-hetero) is 1. The average Bonchev–Trinajstić information content (AvgIpc) is 2.30. The van der Waals surface area contributed by atoms with Gasteiger partial charge in [0.05, 0.1) is 17.3 Å². The van der Waals surface area contributed by atoms with Gasteiger partial charge in [-0.2, -0.15) is 0 Å². The monoisotopic (exact) mass is 269 g/mol. The Kier molecular flexibility index (Phi) is 5.63. The van der Waals surface area contributed by atoms with Gasteiger partial charge in [0.1, 0.15) is 0 Å².